The normalized spacial score (nSPS) is 14.2. The summed E-state index contributed by atoms with van der Waals surface area (Å²) in [6.07, 6.45) is 5.78. The van der Waals surface area contributed by atoms with E-state index in [4.69, 9.17) is 11.6 Å². The first-order chi connectivity index (χ1) is 10.6. The number of aryl methyl sites for hydroxylation is 1. The Hall–Kier alpha value is -2.07. The van der Waals surface area contributed by atoms with Crippen LogP contribution in [0.2, 0.25) is 5.02 Å². The maximum Gasteiger partial charge on any atom is 0.257 e. The summed E-state index contributed by atoms with van der Waals surface area (Å²) in [5, 5.41) is 3.50. The predicted molar refractivity (Wildman–Crippen MR) is 89.8 cm³/mol. The van der Waals surface area contributed by atoms with Crippen molar-refractivity contribution in [2.45, 2.75) is 19.8 Å². The molecule has 0 radical (unpaired) electrons. The smallest absolute Gasteiger partial charge is 0.257 e. The van der Waals surface area contributed by atoms with E-state index >= 15 is 0 Å². The van der Waals surface area contributed by atoms with Gasteiger partial charge in [0.25, 0.3) is 5.91 Å². The van der Waals surface area contributed by atoms with E-state index in [1.165, 1.54) is 12.8 Å². The molecule has 5 heteroatoms. The molecule has 2 heterocycles. The highest BCUT2D eigenvalue weighted by atomic mass is 35.5. The Kier molecular flexibility index (Phi) is 4.29. The number of hydrogen-bond acceptors (Lipinski definition) is 3. The number of carbonyl (C=O) groups excluding carboxylic acids is 1. The average Bonchev–Trinajstić information content (AvgIpc) is 3.05. The first-order valence-corrected chi connectivity index (χ1v) is 7.79. The summed E-state index contributed by atoms with van der Waals surface area (Å²) in [6.45, 7) is 3.98. The topological polar surface area (TPSA) is 45.2 Å². The summed E-state index contributed by atoms with van der Waals surface area (Å²) in [5.74, 6) is -0.173. The van der Waals surface area contributed by atoms with Gasteiger partial charge in [-0.05, 0) is 43.5 Å². The zero-order chi connectivity index (χ0) is 15.5. The van der Waals surface area contributed by atoms with E-state index < -0.39 is 0 Å². The molecule has 0 bridgehead atoms. The molecule has 0 spiro atoms. The number of pyridine rings is 1. The zero-order valence-corrected chi connectivity index (χ0v) is 13.2. The molecular formula is C17H18ClN3O. The van der Waals surface area contributed by atoms with Crippen molar-refractivity contribution in [2.75, 3.05) is 23.3 Å². The lowest BCUT2D eigenvalue weighted by atomic mass is 10.2. The fourth-order valence-electron chi connectivity index (χ4n) is 2.57. The van der Waals surface area contributed by atoms with Gasteiger partial charge < -0.3 is 10.2 Å². The van der Waals surface area contributed by atoms with Crippen molar-refractivity contribution in [1.82, 2.24) is 4.98 Å². The number of rotatable bonds is 3. The van der Waals surface area contributed by atoms with Crippen LogP contribution in [-0.4, -0.2) is 24.0 Å². The molecule has 1 aliphatic rings. The van der Waals surface area contributed by atoms with E-state index in [1.807, 2.05) is 31.3 Å². The van der Waals surface area contributed by atoms with Crippen LogP contribution in [0, 0.1) is 6.92 Å². The van der Waals surface area contributed by atoms with E-state index in [0.29, 0.717) is 16.3 Å². The number of nitrogens with one attached hydrogen (secondary N) is 1. The van der Waals surface area contributed by atoms with Crippen molar-refractivity contribution in [3.05, 3.63) is 52.8 Å². The van der Waals surface area contributed by atoms with Crippen molar-refractivity contribution in [2.24, 2.45) is 0 Å². The van der Waals surface area contributed by atoms with E-state index in [-0.39, 0.29) is 5.91 Å². The Bertz CT molecular complexity index is 696. The number of halogens is 1. The molecule has 1 aliphatic heterocycles. The number of hydrogen-bond donors (Lipinski definition) is 1. The van der Waals surface area contributed by atoms with E-state index in [9.17, 15) is 4.79 Å². The van der Waals surface area contributed by atoms with Crippen LogP contribution in [0.5, 0.6) is 0 Å². The molecule has 22 heavy (non-hydrogen) atoms. The zero-order valence-electron chi connectivity index (χ0n) is 12.5. The third-order valence-corrected chi connectivity index (χ3v) is 4.29. The average molecular weight is 316 g/mol. The fraction of sp³-hybridized carbons (Fsp3) is 0.294. The highest BCUT2D eigenvalue weighted by Crippen LogP contribution is 2.22. The summed E-state index contributed by atoms with van der Waals surface area (Å²) >= 11 is 6.08. The fourth-order valence-corrected chi connectivity index (χ4v) is 2.75. The van der Waals surface area contributed by atoms with E-state index in [2.05, 4.69) is 15.2 Å². The summed E-state index contributed by atoms with van der Waals surface area (Å²) in [4.78, 5) is 18.8. The Balaban J connectivity index is 1.76. The number of anilines is 2. The predicted octanol–water partition coefficient (Wildman–Crippen LogP) is 3.90. The van der Waals surface area contributed by atoms with Crippen LogP contribution in [0.4, 0.5) is 11.4 Å². The first-order valence-electron chi connectivity index (χ1n) is 7.41. The number of nitrogens with zero attached hydrogens (tertiary/aromatic N) is 2. The summed E-state index contributed by atoms with van der Waals surface area (Å²) in [5.41, 5.74) is 3.23. The van der Waals surface area contributed by atoms with Crippen molar-refractivity contribution in [3.8, 4) is 0 Å². The Labute approximate surface area is 135 Å². The molecule has 0 aliphatic carbocycles. The van der Waals surface area contributed by atoms with Crippen molar-refractivity contribution >= 4 is 28.9 Å². The summed E-state index contributed by atoms with van der Waals surface area (Å²) < 4.78 is 0. The maximum atomic E-state index is 12.4. The molecule has 3 rings (SSSR count). The van der Waals surface area contributed by atoms with Crippen LogP contribution in [0.15, 0.2) is 36.7 Å². The second-order valence-electron chi connectivity index (χ2n) is 5.54. The van der Waals surface area contributed by atoms with Gasteiger partial charge in [0.1, 0.15) is 0 Å². The highest BCUT2D eigenvalue weighted by Gasteiger charge is 2.15. The van der Waals surface area contributed by atoms with Crippen LogP contribution >= 0.6 is 11.6 Å². The minimum atomic E-state index is -0.173. The first kappa shape index (κ1) is 14.9. The minimum Gasteiger partial charge on any atom is -0.370 e. The third kappa shape index (κ3) is 3.22. The van der Waals surface area contributed by atoms with Gasteiger partial charge in [0.15, 0.2) is 0 Å². The largest absolute Gasteiger partial charge is 0.370 e. The second-order valence-corrected chi connectivity index (χ2v) is 5.95. The van der Waals surface area contributed by atoms with E-state index in [1.54, 1.807) is 12.3 Å². The molecule has 4 nitrogen and oxygen atoms in total. The van der Waals surface area contributed by atoms with Crippen molar-refractivity contribution in [3.63, 3.8) is 0 Å². The van der Waals surface area contributed by atoms with Gasteiger partial charge in [0.2, 0.25) is 0 Å². The molecule has 1 aromatic heterocycles. The Morgan fingerprint density at radius 2 is 2.00 bits per heavy atom. The Morgan fingerprint density at radius 1 is 1.23 bits per heavy atom. The lowest BCUT2D eigenvalue weighted by Gasteiger charge is -2.17. The molecule has 114 valence electrons. The van der Waals surface area contributed by atoms with Gasteiger partial charge in [-0.3, -0.25) is 9.78 Å². The Morgan fingerprint density at radius 3 is 2.73 bits per heavy atom. The van der Waals surface area contributed by atoms with Gasteiger partial charge >= 0.3 is 0 Å². The molecule has 0 atom stereocenters. The molecule has 0 unspecified atom stereocenters. The van der Waals surface area contributed by atoms with Gasteiger partial charge in [-0.25, -0.2) is 0 Å². The maximum absolute atomic E-state index is 12.4. The highest BCUT2D eigenvalue weighted by molar-refractivity contribution is 6.31. The molecule has 2 aromatic rings. The molecular weight excluding hydrogens is 298 g/mol. The molecule has 1 amide bonds. The van der Waals surface area contributed by atoms with Gasteiger partial charge in [-0.2, -0.15) is 0 Å². The SMILES string of the molecule is Cc1ccc(NC(=O)c2cncc(N3CCCC3)c2)cc1Cl. The van der Waals surface area contributed by atoms with Crippen LogP contribution < -0.4 is 10.2 Å². The molecule has 1 saturated heterocycles. The van der Waals surface area contributed by atoms with Crippen molar-refractivity contribution in [1.29, 1.82) is 0 Å². The van der Waals surface area contributed by atoms with Crippen LogP contribution in [0.1, 0.15) is 28.8 Å². The molecule has 1 aromatic carbocycles. The second kappa shape index (κ2) is 6.36. The molecule has 1 fully saturated rings. The summed E-state index contributed by atoms with van der Waals surface area (Å²) in [7, 11) is 0. The van der Waals surface area contributed by atoms with Gasteiger partial charge in [0, 0.05) is 30.0 Å². The third-order valence-electron chi connectivity index (χ3n) is 3.89. The summed E-state index contributed by atoms with van der Waals surface area (Å²) in [6, 6.07) is 7.38. The number of carbonyl (C=O) groups is 1. The van der Waals surface area contributed by atoms with Gasteiger partial charge in [-0.1, -0.05) is 17.7 Å². The number of benzene rings is 1. The monoisotopic (exact) mass is 315 g/mol. The van der Waals surface area contributed by atoms with Gasteiger partial charge in [0.05, 0.1) is 17.4 Å². The standard InChI is InChI=1S/C17H18ClN3O/c1-12-4-5-14(9-16(12)18)20-17(22)13-8-15(11-19-10-13)21-6-2-3-7-21/h4-5,8-11H,2-3,6-7H2,1H3,(H,20,22). The van der Waals surface area contributed by atoms with Crippen molar-refractivity contribution < 1.29 is 4.79 Å². The quantitative estimate of drug-likeness (QED) is 0.934. The number of amides is 1. The number of aromatic nitrogens is 1. The van der Waals surface area contributed by atoms with Crippen LogP contribution in [0.25, 0.3) is 0 Å². The van der Waals surface area contributed by atoms with E-state index in [0.717, 1.165) is 24.3 Å². The lowest BCUT2D eigenvalue weighted by molar-refractivity contribution is 0.102. The van der Waals surface area contributed by atoms with Crippen LogP contribution in [0.3, 0.4) is 0 Å². The lowest BCUT2D eigenvalue weighted by Crippen LogP contribution is -2.19. The van der Waals surface area contributed by atoms with Crippen LogP contribution in [-0.2, 0) is 0 Å². The molecule has 1 N–H and O–H groups in total. The minimum absolute atomic E-state index is 0.173. The molecule has 0 saturated carbocycles. The van der Waals surface area contributed by atoms with Gasteiger partial charge in [-0.15, -0.1) is 0 Å².